The molecule has 1 aromatic heterocycles. The van der Waals surface area contributed by atoms with Crippen LogP contribution in [0.25, 0.3) is 0 Å². The Balaban J connectivity index is 1.89. The number of nitrogens with zero attached hydrogens (tertiary/aromatic N) is 1. The van der Waals surface area contributed by atoms with Crippen molar-refractivity contribution in [1.29, 1.82) is 0 Å². The number of fused-ring (bicyclic) bond motifs is 4. The number of rotatable bonds is 3. The number of benzene rings is 2. The summed E-state index contributed by atoms with van der Waals surface area (Å²) in [5.74, 6) is -3.55. The number of aliphatic hydroxyl groups is 1. The Labute approximate surface area is 193 Å². The maximum atomic E-state index is 14.1. The quantitative estimate of drug-likeness (QED) is 0.583. The molecule has 3 unspecified atom stereocenters. The summed E-state index contributed by atoms with van der Waals surface area (Å²) in [4.78, 5) is 31.4. The molecule has 0 radical (unpaired) electrons. The van der Waals surface area contributed by atoms with Gasteiger partial charge in [-0.25, -0.2) is 0 Å². The van der Waals surface area contributed by atoms with Crippen LogP contribution in [0.5, 0.6) is 5.75 Å². The SMILES string of the molecule is COC(=O)C1C(c2ccccc2)C2(c3ccc(Cl)cc3)Oc3cc(Cl)cnc3[C@@]1(O)C2=O. The maximum absolute atomic E-state index is 14.1. The Morgan fingerprint density at radius 2 is 1.78 bits per heavy atom. The van der Waals surface area contributed by atoms with Gasteiger partial charge in [0.05, 0.1) is 18.1 Å². The van der Waals surface area contributed by atoms with Crippen molar-refractivity contribution in [3.05, 3.63) is 93.7 Å². The first kappa shape index (κ1) is 20.9. The number of ether oxygens (including phenoxy) is 2. The first-order valence-corrected chi connectivity index (χ1v) is 10.6. The van der Waals surface area contributed by atoms with Crippen molar-refractivity contribution in [2.75, 3.05) is 7.11 Å². The highest BCUT2D eigenvalue weighted by atomic mass is 35.5. The molecule has 6 nitrogen and oxygen atoms in total. The van der Waals surface area contributed by atoms with Gasteiger partial charge in [-0.3, -0.25) is 14.6 Å². The summed E-state index contributed by atoms with van der Waals surface area (Å²) in [5.41, 5.74) is -3.02. The second-order valence-corrected chi connectivity index (χ2v) is 8.70. The third-order valence-electron chi connectivity index (χ3n) is 6.24. The highest BCUT2D eigenvalue weighted by Gasteiger charge is 2.77. The largest absolute Gasteiger partial charge is 0.472 e. The van der Waals surface area contributed by atoms with Crippen LogP contribution in [0, 0.1) is 5.92 Å². The molecule has 0 spiro atoms. The van der Waals surface area contributed by atoms with Gasteiger partial charge >= 0.3 is 5.97 Å². The number of aromatic nitrogens is 1. The normalized spacial score (nSPS) is 28.1. The van der Waals surface area contributed by atoms with E-state index < -0.39 is 34.8 Å². The van der Waals surface area contributed by atoms with Gasteiger partial charge in [0.25, 0.3) is 0 Å². The number of carbonyl (C=O) groups excluding carboxylic acids is 2. The van der Waals surface area contributed by atoms with Gasteiger partial charge in [0.1, 0.15) is 17.4 Å². The lowest BCUT2D eigenvalue weighted by atomic mass is 9.75. The summed E-state index contributed by atoms with van der Waals surface area (Å²) < 4.78 is 11.4. The fourth-order valence-electron chi connectivity index (χ4n) is 4.95. The second kappa shape index (κ2) is 7.30. The standard InChI is InChI=1S/C24H17Cl2NO5/c1-31-21(28)19-18(13-5-3-2-4-6-13)24(14-7-9-15(25)10-8-14)22(29)23(19,30)20-17(32-24)11-16(26)12-27-20/h2-12,18-19,30H,1H3/t18?,19?,23-,24?/m1/s1. The zero-order valence-electron chi connectivity index (χ0n) is 16.8. The molecule has 4 atom stereocenters. The molecule has 0 saturated heterocycles. The average molecular weight is 470 g/mol. The molecule has 0 amide bonds. The molecular weight excluding hydrogens is 453 g/mol. The van der Waals surface area contributed by atoms with E-state index in [0.717, 1.165) is 0 Å². The van der Waals surface area contributed by atoms with Gasteiger partial charge in [-0.2, -0.15) is 0 Å². The zero-order chi connectivity index (χ0) is 22.7. The lowest BCUT2D eigenvalue weighted by Gasteiger charge is -2.38. The first-order chi connectivity index (χ1) is 15.3. The molecule has 5 rings (SSSR count). The topological polar surface area (TPSA) is 85.7 Å². The molecule has 2 aliphatic rings. The van der Waals surface area contributed by atoms with Gasteiger partial charge in [-0.05, 0) is 17.7 Å². The molecule has 1 N–H and O–H groups in total. The average Bonchev–Trinajstić information content (AvgIpc) is 2.93. The van der Waals surface area contributed by atoms with Gasteiger partial charge in [-0.15, -0.1) is 0 Å². The minimum atomic E-state index is -2.29. The van der Waals surface area contributed by atoms with Crippen LogP contribution >= 0.6 is 23.2 Å². The second-order valence-electron chi connectivity index (χ2n) is 7.83. The number of hydrogen-bond acceptors (Lipinski definition) is 6. The van der Waals surface area contributed by atoms with Crippen molar-refractivity contribution in [2.24, 2.45) is 5.92 Å². The molecule has 2 bridgehead atoms. The summed E-state index contributed by atoms with van der Waals surface area (Å²) in [6, 6.07) is 17.0. The monoisotopic (exact) mass is 469 g/mol. The van der Waals surface area contributed by atoms with Crippen LogP contribution in [0.2, 0.25) is 10.0 Å². The number of hydrogen-bond donors (Lipinski definition) is 1. The van der Waals surface area contributed by atoms with Crippen molar-refractivity contribution >= 4 is 35.0 Å². The van der Waals surface area contributed by atoms with Crippen molar-refractivity contribution < 1.29 is 24.2 Å². The van der Waals surface area contributed by atoms with Gasteiger partial charge in [0.2, 0.25) is 11.4 Å². The number of Topliss-reactive ketones (excluding diaryl/α,β-unsaturated/α-hetero) is 1. The number of esters is 1. The van der Waals surface area contributed by atoms with E-state index in [1.807, 2.05) is 6.07 Å². The maximum Gasteiger partial charge on any atom is 0.313 e. The van der Waals surface area contributed by atoms with E-state index in [0.29, 0.717) is 16.1 Å². The highest BCUT2D eigenvalue weighted by Crippen LogP contribution is 2.64. The lowest BCUT2D eigenvalue weighted by molar-refractivity contribution is -0.163. The van der Waals surface area contributed by atoms with Crippen molar-refractivity contribution in [1.82, 2.24) is 4.98 Å². The van der Waals surface area contributed by atoms with Crippen LogP contribution in [0.4, 0.5) is 0 Å². The van der Waals surface area contributed by atoms with E-state index in [1.54, 1.807) is 48.5 Å². The van der Waals surface area contributed by atoms with Gasteiger partial charge in [0.15, 0.2) is 5.60 Å². The molecule has 1 saturated carbocycles. The zero-order valence-corrected chi connectivity index (χ0v) is 18.3. The van der Waals surface area contributed by atoms with Crippen LogP contribution in [0.15, 0.2) is 66.9 Å². The van der Waals surface area contributed by atoms with E-state index in [2.05, 4.69) is 4.98 Å². The van der Waals surface area contributed by atoms with Crippen LogP contribution < -0.4 is 4.74 Å². The van der Waals surface area contributed by atoms with E-state index in [4.69, 9.17) is 32.7 Å². The minimum Gasteiger partial charge on any atom is -0.472 e. The van der Waals surface area contributed by atoms with Crippen LogP contribution in [-0.4, -0.2) is 29.0 Å². The third-order valence-corrected chi connectivity index (χ3v) is 6.70. The molecule has 162 valence electrons. The van der Waals surface area contributed by atoms with E-state index >= 15 is 0 Å². The fourth-order valence-corrected chi connectivity index (χ4v) is 5.23. The number of pyridine rings is 1. The minimum absolute atomic E-state index is 0.0645. The molecular formula is C24H17Cl2NO5. The number of methoxy groups -OCH3 is 1. The van der Waals surface area contributed by atoms with E-state index in [9.17, 15) is 14.7 Å². The predicted molar refractivity (Wildman–Crippen MR) is 117 cm³/mol. The smallest absolute Gasteiger partial charge is 0.313 e. The molecule has 8 heteroatoms. The van der Waals surface area contributed by atoms with Crippen molar-refractivity contribution in [3.63, 3.8) is 0 Å². The number of halogens is 2. The van der Waals surface area contributed by atoms with Crippen molar-refractivity contribution in [3.8, 4) is 5.75 Å². The highest BCUT2D eigenvalue weighted by molar-refractivity contribution is 6.31. The Morgan fingerprint density at radius 3 is 2.44 bits per heavy atom. The summed E-state index contributed by atoms with van der Waals surface area (Å²) in [6.45, 7) is 0. The summed E-state index contributed by atoms with van der Waals surface area (Å²) in [7, 11) is 1.21. The van der Waals surface area contributed by atoms with Gasteiger partial charge in [-0.1, -0.05) is 65.7 Å². The Bertz CT molecular complexity index is 1230. The van der Waals surface area contributed by atoms with Crippen LogP contribution in [0.3, 0.4) is 0 Å². The molecule has 32 heavy (non-hydrogen) atoms. The molecule has 1 fully saturated rings. The molecule has 1 aliphatic heterocycles. The Kier molecular flexibility index (Phi) is 4.78. The lowest BCUT2D eigenvalue weighted by Crippen LogP contribution is -2.51. The predicted octanol–water partition coefficient (Wildman–Crippen LogP) is 4.02. The number of ketones is 1. The third kappa shape index (κ3) is 2.67. The molecule has 2 aromatic carbocycles. The Hall–Kier alpha value is -2.93. The van der Waals surface area contributed by atoms with E-state index in [-0.39, 0.29) is 16.5 Å². The summed E-state index contributed by atoms with van der Waals surface area (Å²) in [5, 5.41) is 12.7. The van der Waals surface area contributed by atoms with Crippen molar-refractivity contribution in [2.45, 2.75) is 17.1 Å². The molecule has 1 aliphatic carbocycles. The summed E-state index contributed by atoms with van der Waals surface area (Å²) in [6.07, 6.45) is 1.30. The summed E-state index contributed by atoms with van der Waals surface area (Å²) >= 11 is 12.2. The molecule has 3 aromatic rings. The number of carbonyl (C=O) groups is 2. The van der Waals surface area contributed by atoms with Crippen LogP contribution in [-0.2, 0) is 25.5 Å². The first-order valence-electron chi connectivity index (χ1n) is 9.85. The van der Waals surface area contributed by atoms with E-state index in [1.165, 1.54) is 19.4 Å². The van der Waals surface area contributed by atoms with Gasteiger partial charge < -0.3 is 14.6 Å². The van der Waals surface area contributed by atoms with Gasteiger partial charge in [0, 0.05) is 22.8 Å². The van der Waals surface area contributed by atoms with Crippen LogP contribution in [0.1, 0.15) is 22.7 Å². The molecule has 2 heterocycles. The Morgan fingerprint density at radius 1 is 1.09 bits per heavy atom. The fraction of sp³-hybridized carbons (Fsp3) is 0.208.